The van der Waals surface area contributed by atoms with Crippen molar-refractivity contribution in [3.8, 4) is 0 Å². The molecule has 2 heterocycles. The van der Waals surface area contributed by atoms with E-state index in [0.717, 1.165) is 21.4 Å². The lowest BCUT2D eigenvalue weighted by atomic mass is 10.1. The second kappa shape index (κ2) is 5.57. The van der Waals surface area contributed by atoms with Gasteiger partial charge in [-0.1, -0.05) is 24.3 Å². The highest BCUT2D eigenvalue weighted by Gasteiger charge is 2.35. The zero-order valence-corrected chi connectivity index (χ0v) is 12.6. The van der Waals surface area contributed by atoms with Crippen molar-refractivity contribution in [2.24, 2.45) is 7.05 Å². The maximum atomic E-state index is 12.4. The van der Waals surface area contributed by atoms with Crippen LogP contribution < -0.4 is 5.32 Å². The van der Waals surface area contributed by atoms with E-state index in [1.54, 1.807) is 0 Å². The molecule has 6 nitrogen and oxygen atoms in total. The number of fused-ring (bicyclic) bond motifs is 1. The molecular formula is C17H15N3O3. The molecular weight excluding hydrogens is 294 g/mol. The Morgan fingerprint density at radius 3 is 2.70 bits per heavy atom. The molecule has 116 valence electrons. The molecule has 0 radical (unpaired) electrons. The smallest absolute Gasteiger partial charge is 0.331 e. The van der Waals surface area contributed by atoms with Crippen molar-refractivity contribution in [3.05, 3.63) is 54.3 Å². The van der Waals surface area contributed by atoms with E-state index in [1.165, 1.54) is 12.2 Å². The summed E-state index contributed by atoms with van der Waals surface area (Å²) < 4.78 is 1.92. The van der Waals surface area contributed by atoms with Gasteiger partial charge in [0, 0.05) is 36.3 Å². The summed E-state index contributed by atoms with van der Waals surface area (Å²) in [7, 11) is 1.89. The van der Waals surface area contributed by atoms with E-state index in [1.807, 2.05) is 42.1 Å². The van der Waals surface area contributed by atoms with Crippen molar-refractivity contribution in [1.82, 2.24) is 14.8 Å². The summed E-state index contributed by atoms with van der Waals surface area (Å²) in [6, 6.07) is 6.95. The van der Waals surface area contributed by atoms with Gasteiger partial charge in [0.1, 0.15) is 5.57 Å². The van der Waals surface area contributed by atoms with Crippen LogP contribution in [0.4, 0.5) is 4.79 Å². The molecule has 0 saturated carbocycles. The first-order valence-corrected chi connectivity index (χ1v) is 7.06. The van der Waals surface area contributed by atoms with Crippen LogP contribution in [0.2, 0.25) is 0 Å². The number of barbiturate groups is 1. The first-order chi connectivity index (χ1) is 11.0. The van der Waals surface area contributed by atoms with E-state index in [0.29, 0.717) is 0 Å². The number of carbonyl (C=O) groups is 3. The Labute approximate surface area is 132 Å². The molecule has 6 heteroatoms. The molecule has 0 atom stereocenters. The van der Waals surface area contributed by atoms with Gasteiger partial charge in [-0.05, 0) is 12.1 Å². The number of hydrogen-bond acceptors (Lipinski definition) is 3. The van der Waals surface area contributed by atoms with Crippen LogP contribution in [0.25, 0.3) is 17.0 Å². The van der Waals surface area contributed by atoms with Gasteiger partial charge in [0.25, 0.3) is 11.8 Å². The molecule has 3 rings (SSSR count). The number of hydrogen-bond donors (Lipinski definition) is 1. The minimum atomic E-state index is -0.727. The predicted molar refractivity (Wildman–Crippen MR) is 86.3 cm³/mol. The highest BCUT2D eigenvalue weighted by Crippen LogP contribution is 2.24. The first-order valence-electron chi connectivity index (χ1n) is 7.06. The maximum Gasteiger partial charge on any atom is 0.331 e. The number of imide groups is 2. The molecule has 1 aliphatic heterocycles. The number of nitrogens with zero attached hydrogens (tertiary/aromatic N) is 2. The van der Waals surface area contributed by atoms with Gasteiger partial charge in [0.15, 0.2) is 0 Å². The molecule has 0 bridgehead atoms. The van der Waals surface area contributed by atoms with Crippen molar-refractivity contribution in [2.75, 3.05) is 6.54 Å². The van der Waals surface area contributed by atoms with Crippen LogP contribution >= 0.6 is 0 Å². The molecule has 4 amide bonds. The van der Waals surface area contributed by atoms with Crippen LogP contribution in [0.3, 0.4) is 0 Å². The summed E-state index contributed by atoms with van der Waals surface area (Å²) in [5.41, 5.74) is 1.67. The van der Waals surface area contributed by atoms with E-state index >= 15 is 0 Å². The number of benzene rings is 1. The number of amides is 4. The van der Waals surface area contributed by atoms with E-state index in [4.69, 9.17) is 0 Å². The second-order valence-corrected chi connectivity index (χ2v) is 5.23. The van der Waals surface area contributed by atoms with Crippen LogP contribution in [0, 0.1) is 0 Å². The number of nitrogens with one attached hydrogen (secondary N) is 1. The predicted octanol–water partition coefficient (Wildman–Crippen LogP) is 1.83. The molecule has 1 N–H and O–H groups in total. The average molecular weight is 309 g/mol. The number of aromatic nitrogens is 1. The summed E-state index contributed by atoms with van der Waals surface area (Å²) in [5, 5.41) is 3.10. The standard InChI is InChI=1S/C17H15N3O3/c1-3-8-20-16(22)13(15(21)18-17(20)23)9-11-10-19(2)14-7-5-4-6-12(11)14/h3-7,9-10H,1,8H2,2H3,(H,18,21,23)/b13-9+. The monoisotopic (exact) mass is 309 g/mol. The fraction of sp³-hybridized carbons (Fsp3) is 0.118. The van der Waals surface area contributed by atoms with E-state index in [-0.39, 0.29) is 12.1 Å². The first kappa shape index (κ1) is 14.8. The number of para-hydroxylation sites is 1. The molecule has 1 saturated heterocycles. The van der Waals surface area contributed by atoms with Crippen molar-refractivity contribution in [2.45, 2.75) is 0 Å². The van der Waals surface area contributed by atoms with E-state index in [9.17, 15) is 14.4 Å². The highest BCUT2D eigenvalue weighted by atomic mass is 16.2. The third kappa shape index (κ3) is 2.44. The summed E-state index contributed by atoms with van der Waals surface area (Å²) in [5.74, 6) is -1.31. The van der Waals surface area contributed by atoms with Gasteiger partial charge in [-0.25, -0.2) is 4.79 Å². The zero-order chi connectivity index (χ0) is 16.6. The Kier molecular flexibility index (Phi) is 3.57. The van der Waals surface area contributed by atoms with Crippen LogP contribution in [-0.4, -0.2) is 33.9 Å². The van der Waals surface area contributed by atoms with Gasteiger partial charge in [0.05, 0.1) is 0 Å². The van der Waals surface area contributed by atoms with Gasteiger partial charge < -0.3 is 4.57 Å². The van der Waals surface area contributed by atoms with Gasteiger partial charge in [-0.2, -0.15) is 0 Å². The van der Waals surface area contributed by atoms with Crippen LogP contribution in [-0.2, 0) is 16.6 Å². The second-order valence-electron chi connectivity index (χ2n) is 5.23. The van der Waals surface area contributed by atoms with Crippen molar-refractivity contribution in [1.29, 1.82) is 0 Å². The molecule has 1 aromatic carbocycles. The summed E-state index contributed by atoms with van der Waals surface area (Å²) in [4.78, 5) is 37.1. The minimum absolute atomic E-state index is 0.0465. The lowest BCUT2D eigenvalue weighted by Gasteiger charge is -2.25. The van der Waals surface area contributed by atoms with Crippen molar-refractivity contribution in [3.63, 3.8) is 0 Å². The lowest BCUT2D eigenvalue weighted by Crippen LogP contribution is -2.54. The third-order valence-corrected chi connectivity index (χ3v) is 3.73. The number of urea groups is 1. The van der Waals surface area contributed by atoms with Crippen LogP contribution in [0.15, 0.2) is 48.7 Å². The molecule has 0 aliphatic carbocycles. The SMILES string of the molecule is C=CCN1C(=O)NC(=O)/C(=C\c2cn(C)c3ccccc23)C1=O. The molecule has 0 spiro atoms. The average Bonchev–Trinajstić information content (AvgIpc) is 2.85. The van der Waals surface area contributed by atoms with Crippen molar-refractivity contribution < 1.29 is 14.4 Å². The Morgan fingerprint density at radius 2 is 1.96 bits per heavy atom. The number of rotatable bonds is 3. The molecule has 1 aromatic heterocycles. The molecule has 0 unspecified atom stereocenters. The molecule has 2 aromatic rings. The Bertz CT molecular complexity index is 876. The van der Waals surface area contributed by atoms with Crippen LogP contribution in [0.1, 0.15) is 5.56 Å². The fourth-order valence-corrected chi connectivity index (χ4v) is 2.63. The molecule has 1 fully saturated rings. The number of aryl methyl sites for hydroxylation is 1. The Morgan fingerprint density at radius 1 is 1.22 bits per heavy atom. The number of carbonyl (C=O) groups excluding carboxylic acids is 3. The topological polar surface area (TPSA) is 71.4 Å². The van der Waals surface area contributed by atoms with E-state index in [2.05, 4.69) is 11.9 Å². The largest absolute Gasteiger partial charge is 0.350 e. The summed E-state index contributed by atoms with van der Waals surface area (Å²) in [6.07, 6.45) is 4.79. The van der Waals surface area contributed by atoms with Crippen molar-refractivity contribution >= 4 is 34.8 Å². The van der Waals surface area contributed by atoms with Gasteiger partial charge in [-0.3, -0.25) is 19.8 Å². The Hall–Kier alpha value is -3.15. The molecule has 23 heavy (non-hydrogen) atoms. The molecule has 1 aliphatic rings. The minimum Gasteiger partial charge on any atom is -0.350 e. The van der Waals surface area contributed by atoms with Gasteiger partial charge >= 0.3 is 6.03 Å². The van der Waals surface area contributed by atoms with Gasteiger partial charge in [0.2, 0.25) is 0 Å². The normalized spacial score (nSPS) is 17.0. The highest BCUT2D eigenvalue weighted by molar-refractivity contribution is 6.31. The van der Waals surface area contributed by atoms with Gasteiger partial charge in [-0.15, -0.1) is 6.58 Å². The summed E-state index contributed by atoms with van der Waals surface area (Å²) in [6.45, 7) is 3.56. The lowest BCUT2D eigenvalue weighted by molar-refractivity contribution is -0.129. The zero-order valence-electron chi connectivity index (χ0n) is 12.6. The Balaban J connectivity index is 2.09. The maximum absolute atomic E-state index is 12.4. The fourth-order valence-electron chi connectivity index (χ4n) is 2.63. The summed E-state index contributed by atoms with van der Waals surface area (Å²) >= 11 is 0. The van der Waals surface area contributed by atoms with Crippen LogP contribution in [0.5, 0.6) is 0 Å². The quantitative estimate of drug-likeness (QED) is 0.534. The van der Waals surface area contributed by atoms with E-state index < -0.39 is 17.8 Å². The third-order valence-electron chi connectivity index (χ3n) is 3.73.